The summed E-state index contributed by atoms with van der Waals surface area (Å²) >= 11 is 12.7. The molecule has 1 N–H and O–H groups in total. The van der Waals surface area contributed by atoms with Crippen LogP contribution in [0.5, 0.6) is 5.75 Å². The molecule has 0 spiro atoms. The van der Waals surface area contributed by atoms with Crippen molar-refractivity contribution in [2.24, 2.45) is 0 Å². The van der Waals surface area contributed by atoms with E-state index in [1.165, 1.54) is 24.1 Å². The summed E-state index contributed by atoms with van der Waals surface area (Å²) in [4.78, 5) is 29.7. The number of ether oxygens (including phenoxy) is 1. The molecule has 8 nitrogen and oxygen atoms in total. The smallest absolute Gasteiger partial charge is 0.264 e. The van der Waals surface area contributed by atoms with Gasteiger partial charge in [-0.3, -0.25) is 13.9 Å². The highest BCUT2D eigenvalue weighted by molar-refractivity contribution is 7.92. The molecule has 236 valence electrons. The Morgan fingerprint density at radius 3 is 2.11 bits per heavy atom. The molecule has 45 heavy (non-hydrogen) atoms. The van der Waals surface area contributed by atoms with Crippen molar-refractivity contribution in [1.29, 1.82) is 0 Å². The fraction of sp³-hybridized carbons (Fsp3) is 0.235. The minimum absolute atomic E-state index is 0.00520. The van der Waals surface area contributed by atoms with Gasteiger partial charge in [0, 0.05) is 29.1 Å². The summed E-state index contributed by atoms with van der Waals surface area (Å²) in [5, 5.41) is 3.65. The van der Waals surface area contributed by atoms with Gasteiger partial charge in [0.15, 0.2) is 0 Å². The second kappa shape index (κ2) is 15.3. The van der Waals surface area contributed by atoms with E-state index in [-0.39, 0.29) is 41.2 Å². The molecule has 2 amide bonds. The van der Waals surface area contributed by atoms with Crippen LogP contribution in [0, 0.1) is 0 Å². The number of anilines is 1. The number of halogens is 2. The molecule has 0 saturated heterocycles. The highest BCUT2D eigenvalue weighted by Gasteiger charge is 2.36. The first-order valence-electron chi connectivity index (χ1n) is 14.3. The third-order valence-corrected chi connectivity index (χ3v) is 9.38. The first-order chi connectivity index (χ1) is 21.5. The van der Waals surface area contributed by atoms with Crippen molar-refractivity contribution >= 4 is 50.7 Å². The van der Waals surface area contributed by atoms with E-state index in [1.807, 2.05) is 44.2 Å². The molecule has 0 fully saturated rings. The molecule has 0 radical (unpaired) electrons. The second-order valence-electron chi connectivity index (χ2n) is 10.6. The van der Waals surface area contributed by atoms with Crippen LogP contribution in [-0.4, -0.2) is 50.9 Å². The van der Waals surface area contributed by atoms with Crippen molar-refractivity contribution < 1.29 is 22.7 Å². The largest absolute Gasteiger partial charge is 0.495 e. The molecule has 4 aromatic rings. The predicted octanol–water partition coefficient (Wildman–Crippen LogP) is 6.36. The third-order valence-electron chi connectivity index (χ3n) is 7.02. The standard InChI is InChI=1S/C34H35Cl2N3O5S/c1-24(2)37-34(41)31(20-25-12-6-4-7-13-25)38(22-26-18-19-27(35)21-29(26)36)33(40)23-39(30-16-10-11-17-32(30)44-3)45(42,43)28-14-8-5-9-15-28/h4-19,21,24,31H,20,22-23H2,1-3H3,(H,37,41)/t31-/m0/s1. The van der Waals surface area contributed by atoms with E-state index in [1.54, 1.807) is 60.7 Å². The van der Waals surface area contributed by atoms with Crippen LogP contribution in [-0.2, 0) is 32.6 Å². The molecule has 11 heteroatoms. The van der Waals surface area contributed by atoms with Gasteiger partial charge in [-0.15, -0.1) is 0 Å². The van der Waals surface area contributed by atoms with Gasteiger partial charge in [0.1, 0.15) is 18.3 Å². The minimum Gasteiger partial charge on any atom is -0.495 e. The molecular weight excluding hydrogens is 633 g/mol. The lowest BCUT2D eigenvalue weighted by molar-refractivity contribution is -0.140. The lowest BCUT2D eigenvalue weighted by Gasteiger charge is -2.34. The Morgan fingerprint density at radius 2 is 1.49 bits per heavy atom. The number of sulfonamides is 1. The highest BCUT2D eigenvalue weighted by Crippen LogP contribution is 2.33. The van der Waals surface area contributed by atoms with Crippen LogP contribution in [0.4, 0.5) is 5.69 Å². The lowest BCUT2D eigenvalue weighted by Crippen LogP contribution is -2.54. The van der Waals surface area contributed by atoms with E-state index >= 15 is 0 Å². The molecule has 0 bridgehead atoms. The van der Waals surface area contributed by atoms with E-state index < -0.39 is 28.5 Å². The number of para-hydroxylation sites is 2. The SMILES string of the molecule is COc1ccccc1N(CC(=O)N(Cc1ccc(Cl)cc1Cl)[C@@H](Cc1ccccc1)C(=O)NC(C)C)S(=O)(=O)c1ccccc1. The van der Waals surface area contributed by atoms with E-state index in [4.69, 9.17) is 27.9 Å². The summed E-state index contributed by atoms with van der Waals surface area (Å²) in [7, 11) is -2.84. The van der Waals surface area contributed by atoms with Crippen LogP contribution in [0.2, 0.25) is 10.0 Å². The molecule has 4 rings (SSSR count). The number of methoxy groups -OCH3 is 1. The Labute approximate surface area is 274 Å². The number of rotatable bonds is 13. The lowest BCUT2D eigenvalue weighted by atomic mass is 10.0. The topological polar surface area (TPSA) is 96.0 Å². The van der Waals surface area contributed by atoms with Gasteiger partial charge in [0.05, 0.1) is 17.7 Å². The summed E-state index contributed by atoms with van der Waals surface area (Å²) in [6.07, 6.45) is 0.177. The molecule has 0 aliphatic heterocycles. The number of nitrogens with zero attached hydrogens (tertiary/aromatic N) is 2. The first kappa shape index (κ1) is 33.8. The quantitative estimate of drug-likeness (QED) is 0.179. The van der Waals surface area contributed by atoms with E-state index in [0.29, 0.717) is 15.6 Å². The summed E-state index contributed by atoms with van der Waals surface area (Å²) in [6.45, 7) is 2.96. The number of hydrogen-bond donors (Lipinski definition) is 1. The van der Waals surface area contributed by atoms with Gasteiger partial charge in [-0.25, -0.2) is 8.42 Å². The van der Waals surface area contributed by atoms with Gasteiger partial charge in [0.2, 0.25) is 11.8 Å². The Bertz CT molecular complexity index is 1720. The molecule has 0 aliphatic carbocycles. The first-order valence-corrected chi connectivity index (χ1v) is 16.5. The molecule has 1 atom stereocenters. The maximum Gasteiger partial charge on any atom is 0.264 e. The van der Waals surface area contributed by atoms with Crippen LogP contribution in [0.3, 0.4) is 0 Å². The van der Waals surface area contributed by atoms with Crippen molar-refractivity contribution in [3.63, 3.8) is 0 Å². The zero-order valence-corrected chi connectivity index (χ0v) is 27.5. The van der Waals surface area contributed by atoms with Gasteiger partial charge in [0.25, 0.3) is 10.0 Å². The monoisotopic (exact) mass is 667 g/mol. The van der Waals surface area contributed by atoms with E-state index in [0.717, 1.165) is 9.87 Å². The van der Waals surface area contributed by atoms with Crippen LogP contribution in [0.1, 0.15) is 25.0 Å². The third kappa shape index (κ3) is 8.57. The zero-order chi connectivity index (χ0) is 32.6. The van der Waals surface area contributed by atoms with Crippen LogP contribution in [0.25, 0.3) is 0 Å². The molecule has 0 aliphatic rings. The number of hydrogen-bond acceptors (Lipinski definition) is 5. The number of nitrogens with one attached hydrogen (secondary N) is 1. The zero-order valence-electron chi connectivity index (χ0n) is 25.2. The number of carbonyl (C=O) groups excluding carboxylic acids is 2. The van der Waals surface area contributed by atoms with Crippen LogP contribution < -0.4 is 14.4 Å². The fourth-order valence-electron chi connectivity index (χ4n) is 4.84. The maximum atomic E-state index is 14.5. The number of amides is 2. The molecule has 0 aromatic heterocycles. The highest BCUT2D eigenvalue weighted by atomic mass is 35.5. The summed E-state index contributed by atoms with van der Waals surface area (Å²) < 4.78 is 34.8. The number of carbonyl (C=O) groups is 2. The Morgan fingerprint density at radius 1 is 0.867 bits per heavy atom. The molecular formula is C34H35Cl2N3O5S. The normalized spacial score (nSPS) is 12.0. The number of benzene rings is 4. The van der Waals surface area contributed by atoms with Gasteiger partial charge in [-0.1, -0.05) is 89.9 Å². The average molecular weight is 669 g/mol. The van der Waals surface area contributed by atoms with Gasteiger partial charge in [-0.05, 0) is 61.4 Å². The predicted molar refractivity (Wildman–Crippen MR) is 178 cm³/mol. The van der Waals surface area contributed by atoms with Crippen molar-refractivity contribution in [3.05, 3.63) is 124 Å². The summed E-state index contributed by atoms with van der Waals surface area (Å²) in [5.41, 5.74) is 1.53. The van der Waals surface area contributed by atoms with Gasteiger partial charge in [-0.2, -0.15) is 0 Å². The Hall–Kier alpha value is -4.05. The van der Waals surface area contributed by atoms with Crippen molar-refractivity contribution in [2.75, 3.05) is 18.0 Å². The molecule has 0 saturated carbocycles. The average Bonchev–Trinajstić information content (AvgIpc) is 3.02. The van der Waals surface area contributed by atoms with E-state index in [9.17, 15) is 18.0 Å². The van der Waals surface area contributed by atoms with E-state index in [2.05, 4.69) is 5.32 Å². The van der Waals surface area contributed by atoms with Crippen molar-refractivity contribution in [1.82, 2.24) is 10.2 Å². The summed E-state index contributed by atoms with van der Waals surface area (Å²) in [6, 6.07) is 27.4. The van der Waals surface area contributed by atoms with Crippen LogP contribution >= 0.6 is 23.2 Å². The maximum absolute atomic E-state index is 14.5. The molecule has 0 heterocycles. The summed E-state index contributed by atoms with van der Waals surface area (Å²) in [5.74, 6) is -0.746. The minimum atomic E-state index is -4.26. The Balaban J connectivity index is 1.85. The fourth-order valence-corrected chi connectivity index (χ4v) is 6.75. The van der Waals surface area contributed by atoms with Crippen molar-refractivity contribution in [3.8, 4) is 5.75 Å². The van der Waals surface area contributed by atoms with Crippen molar-refractivity contribution in [2.45, 2.75) is 43.8 Å². The second-order valence-corrected chi connectivity index (χ2v) is 13.3. The molecule has 4 aromatic carbocycles. The van der Waals surface area contributed by atoms with Gasteiger partial charge < -0.3 is 15.0 Å². The van der Waals surface area contributed by atoms with Gasteiger partial charge >= 0.3 is 0 Å². The van der Waals surface area contributed by atoms with Crippen LogP contribution in [0.15, 0.2) is 108 Å². The molecule has 0 unspecified atom stereocenters. The Kier molecular flexibility index (Phi) is 11.5.